The molecule has 0 heterocycles. The first-order chi connectivity index (χ1) is 23.8. The third-order valence-electron chi connectivity index (χ3n) is 8.12. The van der Waals surface area contributed by atoms with E-state index >= 15 is 0 Å². The van der Waals surface area contributed by atoms with Crippen LogP contribution < -0.4 is 15.9 Å². The fourth-order valence-electron chi connectivity index (χ4n) is 5.31. The van der Waals surface area contributed by atoms with Crippen molar-refractivity contribution in [2.45, 2.75) is 58.9 Å². The average molecular weight is 725 g/mol. The van der Waals surface area contributed by atoms with Crippen LogP contribution in [0, 0.1) is 13.8 Å². The van der Waals surface area contributed by atoms with Crippen molar-refractivity contribution in [2.75, 3.05) is 0 Å². The summed E-state index contributed by atoms with van der Waals surface area (Å²) in [6, 6.07) is 53.9. The zero-order chi connectivity index (χ0) is 36.1. The minimum atomic E-state index is -0.761. The molecule has 1 N–H and O–H groups in total. The average Bonchev–Trinajstić information content (AvgIpc) is 3.10. The van der Waals surface area contributed by atoms with Crippen LogP contribution in [0.1, 0.15) is 69.4 Å². The van der Waals surface area contributed by atoms with E-state index < -0.39 is 7.92 Å². The zero-order valence-corrected chi connectivity index (χ0v) is 33.4. The fourth-order valence-corrected chi connectivity index (χ4v) is 7.72. The minimum Gasteiger partial charge on any atom is -0.680 e. The van der Waals surface area contributed by atoms with Crippen molar-refractivity contribution >= 4 is 29.5 Å². The van der Waals surface area contributed by atoms with Crippen LogP contribution in [0.3, 0.4) is 0 Å². The van der Waals surface area contributed by atoms with Gasteiger partial charge < -0.3 is 10.4 Å². The molecule has 0 unspecified atom stereocenters. The predicted octanol–water partition coefficient (Wildman–Crippen LogP) is 11.7. The van der Waals surface area contributed by atoms with Crippen molar-refractivity contribution in [1.82, 2.24) is 0 Å². The van der Waals surface area contributed by atoms with Crippen molar-refractivity contribution in [3.05, 3.63) is 205 Å². The van der Waals surface area contributed by atoms with E-state index in [-0.39, 0.29) is 32.5 Å². The number of phenolic OH excluding ortho intramolecular Hbond substituents is 1. The molecule has 0 aromatic heterocycles. The largest absolute Gasteiger partial charge is 3.00 e. The quantitative estimate of drug-likeness (QED) is 0.104. The maximum absolute atomic E-state index is 11.3. The van der Waals surface area contributed by atoms with Crippen LogP contribution in [-0.4, -0.2) is 5.11 Å². The monoisotopic (exact) mass is 724 g/mol. The Balaban J connectivity index is 0.000000387. The number of rotatable bonds is 6. The third kappa shape index (κ3) is 12.5. The van der Waals surface area contributed by atoms with E-state index in [9.17, 15) is 5.11 Å². The Bertz CT molecular complexity index is 1800. The predicted molar refractivity (Wildman–Crippen MR) is 219 cm³/mol. The van der Waals surface area contributed by atoms with Gasteiger partial charge in [0.25, 0.3) is 0 Å². The maximum atomic E-state index is 11.3. The first-order valence-corrected chi connectivity index (χ1v) is 18.5. The molecule has 0 bridgehead atoms. The van der Waals surface area contributed by atoms with Gasteiger partial charge in [0.2, 0.25) is 0 Å². The second-order valence-electron chi connectivity index (χ2n) is 14.3. The molecule has 2 nitrogen and oxygen atoms in total. The molecule has 0 aliphatic carbocycles. The molecule has 6 aromatic rings. The fraction of sp³-hybridized carbons (Fsp3) is 0.191. The number of hydrogen-bond acceptors (Lipinski definition) is 1. The molecular formula is C47H51NOPTi. The van der Waals surface area contributed by atoms with Gasteiger partial charge >= 0.3 is 21.7 Å². The van der Waals surface area contributed by atoms with E-state index in [0.717, 1.165) is 27.9 Å². The number of hydrogen-bond donors (Lipinski definition) is 1. The molecule has 0 amide bonds. The molecule has 51 heavy (non-hydrogen) atoms. The van der Waals surface area contributed by atoms with Crippen molar-refractivity contribution in [3.63, 3.8) is 0 Å². The van der Waals surface area contributed by atoms with Crippen molar-refractivity contribution in [3.8, 4) is 5.75 Å². The van der Waals surface area contributed by atoms with Gasteiger partial charge in [0.05, 0.1) is 0 Å². The minimum absolute atomic E-state index is 0. The van der Waals surface area contributed by atoms with E-state index in [1.165, 1.54) is 21.5 Å². The van der Waals surface area contributed by atoms with Gasteiger partial charge in [-0.15, -0.1) is 36.5 Å². The Hall–Kier alpha value is -4.20. The Kier molecular flexibility index (Phi) is 15.7. The summed E-state index contributed by atoms with van der Waals surface area (Å²) in [7, 11) is -0.761. The summed E-state index contributed by atoms with van der Waals surface area (Å²) >= 11 is 0. The Labute approximate surface area is 324 Å². The van der Waals surface area contributed by atoms with Gasteiger partial charge in [0.1, 0.15) is 5.75 Å². The first kappa shape index (κ1) is 41.2. The Morgan fingerprint density at radius 2 is 0.961 bits per heavy atom. The summed E-state index contributed by atoms with van der Waals surface area (Å²) in [5.74, 6) is 0.366. The van der Waals surface area contributed by atoms with Gasteiger partial charge in [0, 0.05) is 0 Å². The molecule has 0 saturated carbocycles. The molecule has 0 fully saturated rings. The van der Waals surface area contributed by atoms with Gasteiger partial charge in [-0.2, -0.15) is 49.2 Å². The third-order valence-corrected chi connectivity index (χ3v) is 10.6. The maximum Gasteiger partial charge on any atom is 3.00 e. The molecule has 6 rings (SSSR count). The van der Waals surface area contributed by atoms with Crippen molar-refractivity contribution < 1.29 is 26.8 Å². The van der Waals surface area contributed by atoms with Crippen LogP contribution in [-0.2, 0) is 39.1 Å². The van der Waals surface area contributed by atoms with Crippen molar-refractivity contribution in [2.24, 2.45) is 0 Å². The molecule has 6 aromatic carbocycles. The Morgan fingerprint density at radius 1 is 0.549 bits per heavy atom. The number of aromatic hydroxyl groups is 1. The molecule has 0 aliphatic rings. The summed E-state index contributed by atoms with van der Waals surface area (Å²) in [6.07, 6.45) is 0. The molecule has 0 atom stereocenters. The number of phenols is 1. The molecule has 1 radical (unpaired) electrons. The van der Waals surface area contributed by atoms with Crippen molar-refractivity contribution in [1.29, 1.82) is 0 Å². The second-order valence-corrected chi connectivity index (χ2v) is 16.5. The molecule has 259 valence electrons. The number of nitrogens with zero attached hydrogens (tertiary/aromatic N) is 1. The first-order valence-electron chi connectivity index (χ1n) is 17.1. The molecule has 4 heteroatoms. The number of benzene rings is 6. The van der Waals surface area contributed by atoms with Crippen LogP contribution in [0.15, 0.2) is 158 Å². The molecular weight excluding hydrogens is 673 g/mol. The summed E-state index contributed by atoms with van der Waals surface area (Å²) in [5.41, 5.74) is 6.02. The van der Waals surface area contributed by atoms with Gasteiger partial charge in [-0.1, -0.05) is 151 Å². The van der Waals surface area contributed by atoms with E-state index in [0.29, 0.717) is 12.3 Å². The van der Waals surface area contributed by atoms with Gasteiger partial charge in [0.15, 0.2) is 0 Å². The summed E-state index contributed by atoms with van der Waals surface area (Å²) in [5, 5.41) is 20.2. The Morgan fingerprint density at radius 3 is 1.35 bits per heavy atom. The topological polar surface area (TPSA) is 34.3 Å². The molecule has 0 saturated heterocycles. The van der Waals surface area contributed by atoms with Crippen LogP contribution >= 0.6 is 7.92 Å². The van der Waals surface area contributed by atoms with Crippen LogP contribution in [0.2, 0.25) is 0 Å². The summed E-state index contributed by atoms with van der Waals surface area (Å²) in [4.78, 5) is 0. The van der Waals surface area contributed by atoms with E-state index in [1.807, 2.05) is 60.7 Å². The second kappa shape index (κ2) is 19.4. The summed E-state index contributed by atoms with van der Waals surface area (Å²) < 4.78 is 0. The molecule has 0 aliphatic heterocycles. The van der Waals surface area contributed by atoms with Gasteiger partial charge in [-0.25, -0.2) is 0 Å². The standard InChI is InChI=1S/C33H37NOP.2C7H7.Ti/c1-32(2,3)25-21-24(31(35)28(22-25)33(4,5)6)23-34-29-19-13-14-20-30(29)36(26-15-9-7-10-16-26)27-17-11-8-12-18-27;2*1-7-5-3-2-4-6-7;/h7-22,35H,23H2,1-6H3;2*2-6H,1H2;/q3*-1;+3. The van der Waals surface area contributed by atoms with E-state index in [4.69, 9.17) is 5.32 Å². The SMILES string of the molecule is CC(C)(C)c1cc(C[N-]c2ccccc2P(c2ccccc2)c2ccccc2)c(O)c(C(C)(C)C)c1.[CH2-]c1ccccc1.[CH2-]c1ccccc1.[Ti+3]. The van der Waals surface area contributed by atoms with E-state index in [1.54, 1.807) is 0 Å². The molecule has 0 spiro atoms. The zero-order valence-electron chi connectivity index (χ0n) is 31.0. The normalized spacial score (nSPS) is 10.9. The van der Waals surface area contributed by atoms with Gasteiger partial charge in [-0.05, 0) is 51.4 Å². The van der Waals surface area contributed by atoms with E-state index in [2.05, 4.69) is 152 Å². The van der Waals surface area contributed by atoms with Gasteiger partial charge in [-0.3, -0.25) is 0 Å². The number of para-hydroxylation sites is 1. The summed E-state index contributed by atoms with van der Waals surface area (Å²) in [6.45, 7) is 21.0. The smallest absolute Gasteiger partial charge is 0.680 e. The van der Waals surface area contributed by atoms with Crippen LogP contribution in [0.25, 0.3) is 5.32 Å². The van der Waals surface area contributed by atoms with Crippen LogP contribution in [0.4, 0.5) is 5.69 Å². The van der Waals surface area contributed by atoms with Crippen LogP contribution in [0.5, 0.6) is 5.75 Å².